The molecular weight excluding hydrogens is 170 g/mol. The molecule has 1 rings (SSSR count). The highest BCUT2D eigenvalue weighted by atomic mass is 35.5. The molecular formula is C10H10ClN. The first-order valence-corrected chi connectivity index (χ1v) is 4.07. The Balaban J connectivity index is 3.08. The summed E-state index contributed by atoms with van der Waals surface area (Å²) in [5.41, 5.74) is 7.22. The maximum atomic E-state index is 5.89. The van der Waals surface area contributed by atoms with E-state index in [1.54, 1.807) is 0 Å². The van der Waals surface area contributed by atoms with Gasteiger partial charge in [-0.2, -0.15) is 0 Å². The summed E-state index contributed by atoms with van der Waals surface area (Å²) in [4.78, 5) is 0. The second kappa shape index (κ2) is 4.15. The van der Waals surface area contributed by atoms with Crippen molar-refractivity contribution in [3.8, 4) is 11.8 Å². The molecule has 0 aliphatic rings. The van der Waals surface area contributed by atoms with Crippen LogP contribution >= 0.6 is 11.6 Å². The van der Waals surface area contributed by atoms with Gasteiger partial charge in [-0.25, -0.2) is 0 Å². The van der Waals surface area contributed by atoms with Crippen LogP contribution in [0.3, 0.4) is 0 Å². The molecule has 0 unspecified atom stereocenters. The predicted molar refractivity (Wildman–Crippen MR) is 52.1 cm³/mol. The molecule has 62 valence electrons. The lowest BCUT2D eigenvalue weighted by Gasteiger charge is -1.98. The first-order chi connectivity index (χ1) is 5.75. The highest BCUT2D eigenvalue weighted by molar-refractivity contribution is 6.31. The van der Waals surface area contributed by atoms with Crippen LogP contribution in [0.15, 0.2) is 18.2 Å². The van der Waals surface area contributed by atoms with Crippen LogP contribution in [0, 0.1) is 18.8 Å². The lowest BCUT2D eigenvalue weighted by atomic mass is 10.1. The van der Waals surface area contributed by atoms with Gasteiger partial charge in [-0.15, -0.1) is 0 Å². The lowest BCUT2D eigenvalue weighted by Crippen LogP contribution is -1.93. The summed E-state index contributed by atoms with van der Waals surface area (Å²) in [7, 11) is 0. The number of halogens is 1. The molecule has 12 heavy (non-hydrogen) atoms. The van der Waals surface area contributed by atoms with E-state index in [9.17, 15) is 0 Å². The van der Waals surface area contributed by atoms with E-state index in [0.29, 0.717) is 6.54 Å². The summed E-state index contributed by atoms with van der Waals surface area (Å²) in [6, 6.07) is 5.67. The molecule has 0 aliphatic heterocycles. The maximum Gasteiger partial charge on any atom is 0.0555 e. The molecule has 0 bridgehead atoms. The van der Waals surface area contributed by atoms with E-state index in [1.807, 2.05) is 25.1 Å². The monoisotopic (exact) mass is 179 g/mol. The van der Waals surface area contributed by atoms with Crippen LogP contribution in [-0.4, -0.2) is 6.54 Å². The summed E-state index contributed by atoms with van der Waals surface area (Å²) in [5.74, 6) is 5.75. The Labute approximate surface area is 77.5 Å². The second-order valence-corrected chi connectivity index (χ2v) is 2.83. The fourth-order valence-electron chi connectivity index (χ4n) is 0.889. The average Bonchev–Trinajstić information content (AvgIpc) is 2.08. The SMILES string of the molecule is Cc1c(Cl)cccc1C#CCN. The molecule has 2 N–H and O–H groups in total. The van der Waals surface area contributed by atoms with Crippen molar-refractivity contribution >= 4 is 11.6 Å². The molecule has 1 nitrogen and oxygen atoms in total. The first-order valence-electron chi connectivity index (χ1n) is 3.69. The highest BCUT2D eigenvalue weighted by Crippen LogP contribution is 2.17. The highest BCUT2D eigenvalue weighted by Gasteiger charge is 1.97. The van der Waals surface area contributed by atoms with Gasteiger partial charge < -0.3 is 5.73 Å². The van der Waals surface area contributed by atoms with E-state index >= 15 is 0 Å². The third kappa shape index (κ3) is 2.01. The Morgan fingerprint density at radius 1 is 1.50 bits per heavy atom. The Hall–Kier alpha value is -0.970. The maximum absolute atomic E-state index is 5.89. The van der Waals surface area contributed by atoms with Crippen LogP contribution in [0.2, 0.25) is 5.02 Å². The third-order valence-corrected chi connectivity index (χ3v) is 2.00. The quantitative estimate of drug-likeness (QED) is 0.606. The number of benzene rings is 1. The van der Waals surface area contributed by atoms with E-state index in [1.165, 1.54) is 0 Å². The molecule has 0 radical (unpaired) electrons. The Kier molecular flexibility index (Phi) is 3.16. The van der Waals surface area contributed by atoms with Crippen LogP contribution < -0.4 is 5.73 Å². The molecule has 0 spiro atoms. The van der Waals surface area contributed by atoms with Gasteiger partial charge in [0, 0.05) is 10.6 Å². The fraction of sp³-hybridized carbons (Fsp3) is 0.200. The van der Waals surface area contributed by atoms with Gasteiger partial charge in [0.2, 0.25) is 0 Å². The van der Waals surface area contributed by atoms with Gasteiger partial charge in [-0.1, -0.05) is 29.5 Å². The zero-order valence-corrected chi connectivity index (χ0v) is 7.65. The van der Waals surface area contributed by atoms with Crippen LogP contribution in [0.1, 0.15) is 11.1 Å². The van der Waals surface area contributed by atoms with Crippen LogP contribution in [-0.2, 0) is 0 Å². The van der Waals surface area contributed by atoms with Gasteiger partial charge >= 0.3 is 0 Å². The van der Waals surface area contributed by atoms with Gasteiger partial charge in [0.15, 0.2) is 0 Å². The average molecular weight is 180 g/mol. The third-order valence-electron chi connectivity index (χ3n) is 1.59. The van der Waals surface area contributed by atoms with E-state index in [2.05, 4.69) is 11.8 Å². The van der Waals surface area contributed by atoms with Crippen LogP contribution in [0.4, 0.5) is 0 Å². The van der Waals surface area contributed by atoms with Gasteiger partial charge in [0.05, 0.1) is 6.54 Å². The molecule has 0 atom stereocenters. The van der Waals surface area contributed by atoms with Gasteiger partial charge in [-0.05, 0) is 24.6 Å². The normalized spacial score (nSPS) is 8.92. The molecule has 0 aliphatic carbocycles. The van der Waals surface area contributed by atoms with E-state index < -0.39 is 0 Å². The predicted octanol–water partition coefficient (Wildman–Crippen LogP) is 1.96. The molecule has 0 aromatic heterocycles. The standard InChI is InChI=1S/C10H10ClN/c1-8-9(5-3-7-12)4-2-6-10(8)11/h2,4,6H,7,12H2,1H3. The molecule has 0 saturated carbocycles. The van der Waals surface area contributed by atoms with Crippen molar-refractivity contribution in [1.29, 1.82) is 0 Å². The summed E-state index contributed by atoms with van der Waals surface area (Å²) < 4.78 is 0. The Morgan fingerprint density at radius 2 is 2.25 bits per heavy atom. The second-order valence-electron chi connectivity index (χ2n) is 2.42. The minimum absolute atomic E-state index is 0.381. The lowest BCUT2D eigenvalue weighted by molar-refractivity contribution is 1.30. The van der Waals surface area contributed by atoms with Crippen molar-refractivity contribution in [3.63, 3.8) is 0 Å². The Morgan fingerprint density at radius 3 is 2.92 bits per heavy atom. The minimum Gasteiger partial charge on any atom is -0.320 e. The van der Waals surface area contributed by atoms with Crippen LogP contribution in [0.5, 0.6) is 0 Å². The molecule has 0 heterocycles. The van der Waals surface area contributed by atoms with Crippen molar-refractivity contribution in [2.24, 2.45) is 5.73 Å². The van der Waals surface area contributed by atoms with Crippen molar-refractivity contribution in [2.75, 3.05) is 6.54 Å². The molecule has 0 fully saturated rings. The largest absolute Gasteiger partial charge is 0.320 e. The molecule has 1 aromatic rings. The summed E-state index contributed by atoms with van der Waals surface area (Å²) in [5, 5.41) is 0.749. The molecule has 1 aromatic carbocycles. The van der Waals surface area contributed by atoms with Crippen molar-refractivity contribution in [3.05, 3.63) is 34.3 Å². The van der Waals surface area contributed by atoms with E-state index in [4.69, 9.17) is 17.3 Å². The smallest absolute Gasteiger partial charge is 0.0555 e. The number of hydrogen-bond donors (Lipinski definition) is 1. The first kappa shape index (κ1) is 9.12. The molecule has 2 heteroatoms. The molecule has 0 amide bonds. The van der Waals surface area contributed by atoms with E-state index in [-0.39, 0.29) is 0 Å². The van der Waals surface area contributed by atoms with E-state index in [0.717, 1.165) is 16.1 Å². The van der Waals surface area contributed by atoms with Gasteiger partial charge in [0.1, 0.15) is 0 Å². The summed E-state index contributed by atoms with van der Waals surface area (Å²) in [6.45, 7) is 2.33. The van der Waals surface area contributed by atoms with Crippen molar-refractivity contribution < 1.29 is 0 Å². The Bertz CT molecular complexity index is 333. The summed E-state index contributed by atoms with van der Waals surface area (Å²) in [6.07, 6.45) is 0. The minimum atomic E-state index is 0.381. The van der Waals surface area contributed by atoms with Crippen LogP contribution in [0.25, 0.3) is 0 Å². The number of nitrogens with two attached hydrogens (primary N) is 1. The zero-order valence-electron chi connectivity index (χ0n) is 6.89. The summed E-state index contributed by atoms with van der Waals surface area (Å²) >= 11 is 5.89. The van der Waals surface area contributed by atoms with Crippen molar-refractivity contribution in [1.82, 2.24) is 0 Å². The van der Waals surface area contributed by atoms with Crippen molar-refractivity contribution in [2.45, 2.75) is 6.92 Å². The fourth-order valence-corrected chi connectivity index (χ4v) is 1.06. The topological polar surface area (TPSA) is 26.0 Å². The zero-order chi connectivity index (χ0) is 8.97. The van der Waals surface area contributed by atoms with Gasteiger partial charge in [-0.3, -0.25) is 0 Å². The molecule has 0 saturated heterocycles. The number of rotatable bonds is 0. The number of hydrogen-bond acceptors (Lipinski definition) is 1. The van der Waals surface area contributed by atoms with Gasteiger partial charge in [0.25, 0.3) is 0 Å².